The fourth-order valence-electron chi connectivity index (χ4n) is 4.44. The summed E-state index contributed by atoms with van der Waals surface area (Å²) in [5.41, 5.74) is 3.45. The minimum absolute atomic E-state index is 0.0180. The van der Waals surface area contributed by atoms with Crippen molar-refractivity contribution < 1.29 is 42.5 Å². The Morgan fingerprint density at radius 1 is 0.900 bits per heavy atom. The van der Waals surface area contributed by atoms with Gasteiger partial charge in [-0.25, -0.2) is 14.4 Å². The Labute approximate surface area is 229 Å². The molecule has 1 aliphatic rings. The number of benzene rings is 3. The molecule has 2 N–H and O–H groups in total. The monoisotopic (exact) mass is 553 g/mol. The number of hydrogen-bond donors (Lipinski definition) is 2. The first kappa shape index (κ1) is 28.5. The zero-order valence-electron chi connectivity index (χ0n) is 22.1. The van der Waals surface area contributed by atoms with Crippen LogP contribution in [0.25, 0.3) is 11.1 Å². The zero-order valence-corrected chi connectivity index (χ0v) is 22.1. The van der Waals surface area contributed by atoms with E-state index in [1.165, 1.54) is 45.0 Å². The molecule has 1 atom stereocenters. The van der Waals surface area contributed by atoms with Crippen LogP contribution in [-0.4, -0.2) is 47.5 Å². The third-order valence-electron chi connectivity index (χ3n) is 6.18. The van der Waals surface area contributed by atoms with Gasteiger partial charge in [0.1, 0.15) is 24.0 Å². The van der Waals surface area contributed by atoms with Gasteiger partial charge >= 0.3 is 24.1 Å². The van der Waals surface area contributed by atoms with Gasteiger partial charge in [0.15, 0.2) is 0 Å². The summed E-state index contributed by atoms with van der Waals surface area (Å²) >= 11 is 0. The number of rotatable bonds is 9. The van der Waals surface area contributed by atoms with Gasteiger partial charge in [-0.3, -0.25) is 0 Å². The Morgan fingerprint density at radius 2 is 1.45 bits per heavy atom. The number of fused-ring (bicyclic) bond motifs is 3. The highest BCUT2D eigenvalue weighted by molar-refractivity contribution is 5.81. The molecular formula is C30H29F2NO7. The highest BCUT2D eigenvalue weighted by Crippen LogP contribution is 2.44. The molecule has 0 fully saturated rings. The van der Waals surface area contributed by atoms with Crippen molar-refractivity contribution in [2.45, 2.75) is 50.9 Å². The normalized spacial score (nSPS) is 13.5. The van der Waals surface area contributed by atoms with E-state index in [0.717, 1.165) is 22.3 Å². The Bertz CT molecular complexity index is 1350. The molecule has 1 amide bonds. The topological polar surface area (TPSA) is 111 Å². The number of halogens is 2. The number of amides is 1. The highest BCUT2D eigenvalue weighted by atomic mass is 19.3. The summed E-state index contributed by atoms with van der Waals surface area (Å²) in [5.74, 6) is -3.64. The minimum Gasteiger partial charge on any atom is -0.480 e. The van der Waals surface area contributed by atoms with Gasteiger partial charge in [0.05, 0.1) is 0 Å². The van der Waals surface area contributed by atoms with Crippen LogP contribution in [0.5, 0.6) is 5.75 Å². The molecule has 0 radical (unpaired) electrons. The van der Waals surface area contributed by atoms with E-state index in [2.05, 4.69) is 14.8 Å². The van der Waals surface area contributed by atoms with Gasteiger partial charge in [-0.05, 0) is 60.7 Å². The van der Waals surface area contributed by atoms with E-state index >= 15 is 0 Å². The molecule has 40 heavy (non-hydrogen) atoms. The molecule has 10 heteroatoms. The second kappa shape index (κ2) is 11.3. The average Bonchev–Trinajstić information content (AvgIpc) is 3.20. The third kappa shape index (κ3) is 6.74. The maximum absolute atomic E-state index is 14.1. The van der Waals surface area contributed by atoms with Gasteiger partial charge in [-0.15, -0.1) is 0 Å². The molecule has 210 valence electrons. The maximum atomic E-state index is 14.1. The third-order valence-corrected chi connectivity index (χ3v) is 6.18. The molecule has 0 bridgehead atoms. The Balaban J connectivity index is 1.35. The van der Waals surface area contributed by atoms with Crippen molar-refractivity contribution in [3.05, 3.63) is 89.5 Å². The molecule has 1 aliphatic carbocycles. The summed E-state index contributed by atoms with van der Waals surface area (Å²) < 4.78 is 42.8. The van der Waals surface area contributed by atoms with E-state index in [0.29, 0.717) is 5.56 Å². The predicted octanol–water partition coefficient (Wildman–Crippen LogP) is 5.53. The molecule has 8 nitrogen and oxygen atoms in total. The largest absolute Gasteiger partial charge is 0.502 e. The van der Waals surface area contributed by atoms with Crippen LogP contribution in [0.3, 0.4) is 0 Å². The number of carbonyl (C=O) groups excluding carboxylic acids is 2. The Morgan fingerprint density at radius 3 is 1.98 bits per heavy atom. The number of aliphatic carboxylic acids is 1. The van der Waals surface area contributed by atoms with Gasteiger partial charge in [-0.2, -0.15) is 8.78 Å². The maximum Gasteiger partial charge on any atom is 0.502 e. The summed E-state index contributed by atoms with van der Waals surface area (Å²) in [7, 11) is 0. The van der Waals surface area contributed by atoms with E-state index in [4.69, 9.17) is 4.74 Å². The van der Waals surface area contributed by atoms with E-state index in [1.54, 1.807) is 0 Å². The lowest BCUT2D eigenvalue weighted by Gasteiger charge is -2.23. The Hall–Kier alpha value is -4.47. The van der Waals surface area contributed by atoms with Crippen LogP contribution < -0.4 is 10.1 Å². The summed E-state index contributed by atoms with van der Waals surface area (Å²) in [6.45, 7) is 4.37. The minimum atomic E-state index is -4.22. The fourth-order valence-corrected chi connectivity index (χ4v) is 4.44. The molecule has 0 saturated carbocycles. The number of alkyl carbamates (subject to hydrolysis) is 1. The number of ether oxygens (including phenoxy) is 3. The first-order chi connectivity index (χ1) is 18.8. The van der Waals surface area contributed by atoms with Crippen LogP contribution in [-0.2, 0) is 25.5 Å². The van der Waals surface area contributed by atoms with Gasteiger partial charge in [0.2, 0.25) is 0 Å². The fraction of sp³-hybridized carbons (Fsp3) is 0.300. The molecule has 0 unspecified atom stereocenters. The molecule has 0 aliphatic heterocycles. The number of hydrogen-bond acceptors (Lipinski definition) is 6. The van der Waals surface area contributed by atoms with Crippen LogP contribution in [0.15, 0.2) is 72.8 Å². The van der Waals surface area contributed by atoms with Crippen LogP contribution in [0.1, 0.15) is 43.4 Å². The van der Waals surface area contributed by atoms with Crippen molar-refractivity contribution in [3.63, 3.8) is 0 Å². The van der Waals surface area contributed by atoms with Gasteiger partial charge < -0.3 is 24.6 Å². The molecule has 4 rings (SSSR count). The van der Waals surface area contributed by atoms with Crippen LogP contribution in [0.2, 0.25) is 0 Å². The van der Waals surface area contributed by atoms with Gasteiger partial charge in [0, 0.05) is 12.3 Å². The van der Waals surface area contributed by atoms with Crippen molar-refractivity contribution in [3.8, 4) is 16.9 Å². The summed E-state index contributed by atoms with van der Waals surface area (Å²) in [5, 5.41) is 12.0. The number of carbonyl (C=O) groups is 3. The number of carboxylic acid groups (broad SMARTS) is 1. The second-order valence-corrected chi connectivity index (χ2v) is 10.3. The number of nitrogens with one attached hydrogen (secondary N) is 1. The lowest BCUT2D eigenvalue weighted by molar-refractivity contribution is -0.226. The van der Waals surface area contributed by atoms with E-state index in [9.17, 15) is 28.3 Å². The highest BCUT2D eigenvalue weighted by Gasteiger charge is 2.46. The van der Waals surface area contributed by atoms with Gasteiger partial charge in [0.25, 0.3) is 0 Å². The summed E-state index contributed by atoms with van der Waals surface area (Å²) in [6.07, 6.45) is -5.27. The molecule has 0 aromatic heterocycles. The summed E-state index contributed by atoms with van der Waals surface area (Å²) in [6, 6.07) is 19.4. The zero-order chi connectivity index (χ0) is 29.1. The first-order valence-corrected chi connectivity index (χ1v) is 12.6. The lowest BCUT2D eigenvalue weighted by atomic mass is 9.98. The van der Waals surface area contributed by atoms with Crippen molar-refractivity contribution in [2.75, 3.05) is 6.61 Å². The molecule has 0 spiro atoms. The van der Waals surface area contributed by atoms with Crippen LogP contribution in [0, 0.1) is 0 Å². The van der Waals surface area contributed by atoms with Crippen molar-refractivity contribution in [2.24, 2.45) is 0 Å². The molecule has 0 heterocycles. The van der Waals surface area contributed by atoms with Crippen molar-refractivity contribution in [1.29, 1.82) is 0 Å². The number of carboxylic acids is 1. The SMILES string of the molecule is CC(C)(C)OC(=O)C(F)(F)Oc1ccc(C[C@H](NC(=O)OCC2c3ccccc3-c3ccccc32)C(=O)O)cc1. The number of alkyl halides is 2. The predicted molar refractivity (Wildman–Crippen MR) is 141 cm³/mol. The average molecular weight is 554 g/mol. The van der Waals surface area contributed by atoms with E-state index < -0.39 is 35.8 Å². The lowest BCUT2D eigenvalue weighted by Crippen LogP contribution is -2.43. The summed E-state index contributed by atoms with van der Waals surface area (Å²) in [4.78, 5) is 36.1. The van der Waals surface area contributed by atoms with Crippen molar-refractivity contribution >= 4 is 18.0 Å². The second-order valence-electron chi connectivity index (χ2n) is 10.3. The van der Waals surface area contributed by atoms with Crippen LogP contribution in [0.4, 0.5) is 13.6 Å². The molecular weight excluding hydrogens is 524 g/mol. The smallest absolute Gasteiger partial charge is 0.480 e. The molecule has 0 saturated heterocycles. The molecule has 3 aromatic rings. The Kier molecular flexibility index (Phi) is 8.08. The number of esters is 1. The van der Waals surface area contributed by atoms with Crippen molar-refractivity contribution in [1.82, 2.24) is 5.32 Å². The van der Waals surface area contributed by atoms with E-state index in [-0.39, 0.29) is 24.7 Å². The van der Waals surface area contributed by atoms with Crippen LogP contribution >= 0.6 is 0 Å². The standard InChI is InChI=1S/C30H29F2NO7/c1-29(2,3)40-27(36)30(31,32)39-19-14-12-18(13-15-19)16-25(26(34)35)33-28(37)38-17-24-22-10-6-4-8-20(22)21-9-5-7-11-23(21)24/h4-15,24-25H,16-17H2,1-3H3,(H,33,37)(H,34,35)/t25-/m0/s1. The van der Waals surface area contributed by atoms with E-state index in [1.807, 2.05) is 48.5 Å². The first-order valence-electron chi connectivity index (χ1n) is 12.6. The quantitative estimate of drug-likeness (QED) is 0.335. The van der Waals surface area contributed by atoms with Gasteiger partial charge in [-0.1, -0.05) is 60.7 Å². The molecule has 3 aromatic carbocycles.